The average molecular weight is 339 g/mol. The number of nitrogens with zero attached hydrogens (tertiary/aromatic N) is 1. The number of alkyl halides is 1. The second-order valence-corrected chi connectivity index (χ2v) is 6.01. The number of anilines is 1. The molecule has 108 valence electrons. The van der Waals surface area contributed by atoms with Crippen LogP contribution >= 0.6 is 15.9 Å². The third kappa shape index (κ3) is 3.60. The Kier molecular flexibility index (Phi) is 5.17. The molecule has 0 radical (unpaired) electrons. The first-order valence-corrected chi connectivity index (χ1v) is 7.84. The zero-order valence-electron chi connectivity index (χ0n) is 11.6. The van der Waals surface area contributed by atoms with Crippen LogP contribution in [0.5, 0.6) is 0 Å². The molecule has 1 atom stereocenters. The SMILES string of the molecule is CCC(Br)C(=O)NCc1ccc(N2CCCC2=O)cc1. The van der Waals surface area contributed by atoms with Crippen LogP contribution in [0.4, 0.5) is 5.69 Å². The number of hydrogen-bond donors (Lipinski definition) is 1. The lowest BCUT2D eigenvalue weighted by molar-refractivity contribution is -0.120. The molecule has 2 rings (SSSR count). The molecule has 0 bridgehead atoms. The third-order valence-electron chi connectivity index (χ3n) is 3.43. The highest BCUT2D eigenvalue weighted by atomic mass is 79.9. The standard InChI is InChI=1S/C15H19BrN2O2/c1-2-13(16)15(20)17-10-11-5-7-12(8-6-11)18-9-3-4-14(18)19/h5-8,13H,2-4,9-10H2,1H3,(H,17,20). The van der Waals surface area contributed by atoms with Crippen LogP contribution in [0.2, 0.25) is 0 Å². The number of amides is 2. The average Bonchev–Trinajstić information content (AvgIpc) is 2.90. The van der Waals surface area contributed by atoms with Crippen LogP contribution in [0.3, 0.4) is 0 Å². The minimum atomic E-state index is -0.135. The summed E-state index contributed by atoms with van der Waals surface area (Å²) in [7, 11) is 0. The molecule has 1 fully saturated rings. The number of benzene rings is 1. The van der Waals surface area contributed by atoms with Crippen LogP contribution in [-0.4, -0.2) is 23.2 Å². The van der Waals surface area contributed by atoms with Crippen molar-refractivity contribution < 1.29 is 9.59 Å². The Morgan fingerprint density at radius 3 is 2.65 bits per heavy atom. The van der Waals surface area contributed by atoms with Crippen LogP contribution in [-0.2, 0) is 16.1 Å². The van der Waals surface area contributed by atoms with Gasteiger partial charge >= 0.3 is 0 Å². The minimum absolute atomic E-state index is 0.00583. The smallest absolute Gasteiger partial charge is 0.234 e. The number of carbonyl (C=O) groups is 2. The van der Waals surface area contributed by atoms with Crippen LogP contribution < -0.4 is 10.2 Å². The lowest BCUT2D eigenvalue weighted by atomic mass is 10.2. The largest absolute Gasteiger partial charge is 0.351 e. The van der Waals surface area contributed by atoms with Crippen molar-refractivity contribution in [2.45, 2.75) is 37.6 Å². The fourth-order valence-corrected chi connectivity index (χ4v) is 2.36. The summed E-state index contributed by atoms with van der Waals surface area (Å²) in [6.07, 6.45) is 2.34. The summed E-state index contributed by atoms with van der Waals surface area (Å²) in [5, 5.41) is 2.88. The summed E-state index contributed by atoms with van der Waals surface area (Å²) >= 11 is 3.32. The normalized spacial score (nSPS) is 16.3. The fraction of sp³-hybridized carbons (Fsp3) is 0.467. The van der Waals surface area contributed by atoms with Gasteiger partial charge in [0.05, 0.1) is 4.83 Å². The quantitative estimate of drug-likeness (QED) is 0.839. The van der Waals surface area contributed by atoms with E-state index in [4.69, 9.17) is 0 Å². The Labute approximate surface area is 127 Å². The number of rotatable bonds is 5. The van der Waals surface area contributed by atoms with Crippen LogP contribution in [0, 0.1) is 0 Å². The van der Waals surface area contributed by atoms with Crippen molar-refractivity contribution >= 4 is 33.4 Å². The molecule has 0 aliphatic carbocycles. The zero-order valence-corrected chi connectivity index (χ0v) is 13.1. The second-order valence-electron chi connectivity index (χ2n) is 4.91. The molecule has 2 amide bonds. The topological polar surface area (TPSA) is 49.4 Å². The molecule has 0 aromatic heterocycles. The maximum atomic E-state index is 11.7. The van der Waals surface area contributed by atoms with Gasteiger partial charge in [0.2, 0.25) is 11.8 Å². The molecular formula is C15H19BrN2O2. The highest BCUT2D eigenvalue weighted by molar-refractivity contribution is 9.10. The van der Waals surface area contributed by atoms with Gasteiger partial charge in [0.15, 0.2) is 0 Å². The molecule has 5 heteroatoms. The molecular weight excluding hydrogens is 320 g/mol. The maximum absolute atomic E-state index is 11.7. The first kappa shape index (κ1) is 15.0. The number of halogens is 1. The van der Waals surface area contributed by atoms with E-state index in [9.17, 15) is 9.59 Å². The Morgan fingerprint density at radius 1 is 1.40 bits per heavy atom. The molecule has 1 aliphatic heterocycles. The molecule has 1 aliphatic rings. The summed E-state index contributed by atoms with van der Waals surface area (Å²) < 4.78 is 0. The Hall–Kier alpha value is -1.36. The van der Waals surface area contributed by atoms with Crippen LogP contribution in [0.1, 0.15) is 31.7 Å². The van der Waals surface area contributed by atoms with Crippen molar-refractivity contribution in [3.05, 3.63) is 29.8 Å². The minimum Gasteiger partial charge on any atom is -0.351 e. The monoisotopic (exact) mass is 338 g/mol. The van der Waals surface area contributed by atoms with Crippen LogP contribution in [0.15, 0.2) is 24.3 Å². The molecule has 20 heavy (non-hydrogen) atoms. The van der Waals surface area contributed by atoms with E-state index in [0.717, 1.165) is 30.6 Å². The van der Waals surface area contributed by atoms with E-state index in [1.54, 1.807) is 0 Å². The van der Waals surface area contributed by atoms with Crippen molar-refractivity contribution in [1.82, 2.24) is 5.32 Å². The zero-order chi connectivity index (χ0) is 14.5. The van der Waals surface area contributed by atoms with Crippen LogP contribution in [0.25, 0.3) is 0 Å². The summed E-state index contributed by atoms with van der Waals surface area (Å²) in [5.41, 5.74) is 1.97. The molecule has 4 nitrogen and oxygen atoms in total. The lowest BCUT2D eigenvalue weighted by Crippen LogP contribution is -2.30. The number of nitrogens with one attached hydrogen (secondary N) is 1. The van der Waals surface area contributed by atoms with Gasteiger partial charge in [-0.1, -0.05) is 35.0 Å². The van der Waals surface area contributed by atoms with Gasteiger partial charge in [-0.05, 0) is 30.5 Å². The summed E-state index contributed by atoms with van der Waals surface area (Å²) in [4.78, 5) is 25.0. The van der Waals surface area contributed by atoms with E-state index >= 15 is 0 Å². The van der Waals surface area contributed by atoms with Gasteiger partial charge in [-0.15, -0.1) is 0 Å². The predicted octanol–water partition coefficient (Wildman–Crippen LogP) is 2.60. The Balaban J connectivity index is 1.92. The van der Waals surface area contributed by atoms with Crippen molar-refractivity contribution in [2.24, 2.45) is 0 Å². The second kappa shape index (κ2) is 6.88. The van der Waals surface area contributed by atoms with Crippen molar-refractivity contribution in [1.29, 1.82) is 0 Å². The highest BCUT2D eigenvalue weighted by Gasteiger charge is 2.21. The first-order valence-electron chi connectivity index (χ1n) is 6.93. The Bertz CT molecular complexity index is 487. The fourth-order valence-electron chi connectivity index (χ4n) is 2.20. The molecule has 1 aromatic rings. The highest BCUT2D eigenvalue weighted by Crippen LogP contribution is 2.21. The van der Waals surface area contributed by atoms with Gasteiger partial charge < -0.3 is 10.2 Å². The number of carbonyl (C=O) groups excluding carboxylic acids is 2. The van der Waals surface area contributed by atoms with Gasteiger partial charge in [-0.2, -0.15) is 0 Å². The molecule has 1 unspecified atom stereocenters. The van der Waals surface area contributed by atoms with Crippen molar-refractivity contribution in [2.75, 3.05) is 11.4 Å². The maximum Gasteiger partial charge on any atom is 0.234 e. The molecule has 1 N–H and O–H groups in total. The summed E-state index contributed by atoms with van der Waals surface area (Å²) in [5.74, 6) is 0.197. The molecule has 1 aromatic carbocycles. The van der Waals surface area contributed by atoms with E-state index in [-0.39, 0.29) is 16.6 Å². The summed E-state index contributed by atoms with van der Waals surface area (Å²) in [6.45, 7) is 3.27. The third-order valence-corrected chi connectivity index (χ3v) is 4.49. The van der Waals surface area contributed by atoms with Gasteiger partial charge in [0.25, 0.3) is 0 Å². The molecule has 0 saturated carbocycles. The van der Waals surface area contributed by atoms with E-state index in [1.165, 1.54) is 0 Å². The molecule has 0 spiro atoms. The van der Waals surface area contributed by atoms with Gasteiger partial charge in [-0.3, -0.25) is 9.59 Å². The van der Waals surface area contributed by atoms with Gasteiger partial charge in [0, 0.05) is 25.2 Å². The van der Waals surface area contributed by atoms with Gasteiger partial charge in [-0.25, -0.2) is 0 Å². The number of hydrogen-bond acceptors (Lipinski definition) is 2. The van der Waals surface area contributed by atoms with E-state index in [1.807, 2.05) is 36.1 Å². The van der Waals surface area contributed by atoms with E-state index < -0.39 is 0 Å². The van der Waals surface area contributed by atoms with Crippen molar-refractivity contribution in [3.63, 3.8) is 0 Å². The molecule has 1 saturated heterocycles. The lowest BCUT2D eigenvalue weighted by Gasteiger charge is -2.16. The van der Waals surface area contributed by atoms with E-state index in [2.05, 4.69) is 21.2 Å². The van der Waals surface area contributed by atoms with Gasteiger partial charge in [0.1, 0.15) is 0 Å². The predicted molar refractivity (Wildman–Crippen MR) is 82.9 cm³/mol. The first-order chi connectivity index (χ1) is 9.61. The van der Waals surface area contributed by atoms with Crippen molar-refractivity contribution in [3.8, 4) is 0 Å². The molecule has 1 heterocycles. The Morgan fingerprint density at radius 2 is 2.10 bits per heavy atom. The summed E-state index contributed by atoms with van der Waals surface area (Å²) in [6, 6.07) is 7.79. The van der Waals surface area contributed by atoms with E-state index in [0.29, 0.717) is 13.0 Å².